The molecule has 11 heteroatoms. The Balaban J connectivity index is 1.27. The zero-order valence-electron chi connectivity index (χ0n) is 23.2. The highest BCUT2D eigenvalue weighted by molar-refractivity contribution is 5.87. The summed E-state index contributed by atoms with van der Waals surface area (Å²) in [5, 5.41) is 17.5. The average Bonchev–Trinajstić information content (AvgIpc) is 3.61. The van der Waals surface area contributed by atoms with Gasteiger partial charge in [-0.25, -0.2) is 0 Å². The normalized spacial score (nSPS) is 18.5. The number of likely N-dealkylation sites (tertiary alicyclic amines) is 1. The highest BCUT2D eigenvalue weighted by Gasteiger charge is 2.25. The molecule has 11 nitrogen and oxygen atoms in total. The molecule has 0 bridgehead atoms. The molecule has 6 rings (SSSR count). The van der Waals surface area contributed by atoms with Crippen LogP contribution >= 0.6 is 0 Å². The number of carbonyl (C=O) groups is 1. The Morgan fingerprint density at radius 3 is 2.83 bits per heavy atom. The molecular formula is C29H37N9O2. The Morgan fingerprint density at radius 2 is 2.02 bits per heavy atom. The van der Waals surface area contributed by atoms with Gasteiger partial charge in [-0.15, -0.1) is 0 Å². The molecule has 1 aromatic carbocycles. The zero-order valence-corrected chi connectivity index (χ0v) is 23.2. The number of piperidine rings is 1. The van der Waals surface area contributed by atoms with E-state index in [2.05, 4.69) is 59.0 Å². The third kappa shape index (κ3) is 5.13. The van der Waals surface area contributed by atoms with Crippen LogP contribution in [0.3, 0.4) is 0 Å². The maximum atomic E-state index is 12.2. The number of anilines is 2. The average molecular weight is 544 g/mol. The number of nitrogens with zero attached hydrogens (tertiary/aromatic N) is 7. The van der Waals surface area contributed by atoms with Crippen LogP contribution in [0.2, 0.25) is 0 Å². The standard InChI is InChI=1S/C29H37N9O2/c1-4-26(39)36-12-6-8-22(18-36)37-25-9-5-7-20(24(25)17-31-37)15-30-29-35-28(33-21-10-13-40-14-11-21)34-27-23(19(2)3)16-32-38(27)29/h4-5,7,9,16-17,19,21-22H,1,6,8,10-15,18H2,2-3H3,(H2,30,33,34,35). The first-order valence-corrected chi connectivity index (χ1v) is 14.2. The van der Waals surface area contributed by atoms with E-state index in [-0.39, 0.29) is 23.9 Å². The molecule has 1 unspecified atom stereocenters. The van der Waals surface area contributed by atoms with Gasteiger partial charge in [-0.3, -0.25) is 9.48 Å². The number of hydrogen-bond donors (Lipinski definition) is 2. The molecule has 0 spiro atoms. The van der Waals surface area contributed by atoms with Crippen LogP contribution in [0.5, 0.6) is 0 Å². The van der Waals surface area contributed by atoms with Crippen LogP contribution in [0.25, 0.3) is 16.6 Å². The molecule has 40 heavy (non-hydrogen) atoms. The number of ether oxygens (including phenoxy) is 1. The van der Waals surface area contributed by atoms with Gasteiger partial charge in [0.05, 0.1) is 24.0 Å². The summed E-state index contributed by atoms with van der Waals surface area (Å²) in [7, 11) is 0. The summed E-state index contributed by atoms with van der Waals surface area (Å²) in [6, 6.07) is 6.69. The Morgan fingerprint density at radius 1 is 1.18 bits per heavy atom. The summed E-state index contributed by atoms with van der Waals surface area (Å²) >= 11 is 0. The third-order valence-electron chi connectivity index (χ3n) is 7.97. The number of rotatable bonds is 8. The first-order chi connectivity index (χ1) is 19.5. The quantitative estimate of drug-likeness (QED) is 0.319. The van der Waals surface area contributed by atoms with E-state index < -0.39 is 0 Å². The summed E-state index contributed by atoms with van der Waals surface area (Å²) in [6.07, 6.45) is 9.00. The summed E-state index contributed by atoms with van der Waals surface area (Å²) in [6.45, 7) is 11.4. The van der Waals surface area contributed by atoms with Crippen molar-refractivity contribution < 1.29 is 9.53 Å². The number of carbonyl (C=O) groups excluding carboxylic acids is 1. The van der Waals surface area contributed by atoms with Crippen molar-refractivity contribution >= 4 is 34.4 Å². The maximum Gasteiger partial charge on any atom is 0.246 e. The predicted octanol–water partition coefficient (Wildman–Crippen LogP) is 4.15. The lowest BCUT2D eigenvalue weighted by atomic mass is 10.0. The Hall–Kier alpha value is -3.99. The number of benzene rings is 1. The van der Waals surface area contributed by atoms with E-state index >= 15 is 0 Å². The summed E-state index contributed by atoms with van der Waals surface area (Å²) < 4.78 is 9.38. The van der Waals surface area contributed by atoms with Crippen molar-refractivity contribution in [2.24, 2.45) is 0 Å². The minimum absolute atomic E-state index is 0.0212. The van der Waals surface area contributed by atoms with Crippen molar-refractivity contribution in [3.8, 4) is 0 Å². The SMILES string of the molecule is C=CC(=O)N1CCCC(n2ncc3c(CNc4nc(NC5CCOCC5)nc5c(C(C)C)cnn45)cccc32)C1. The van der Waals surface area contributed by atoms with Gasteiger partial charge in [-0.1, -0.05) is 32.6 Å². The second-order valence-electron chi connectivity index (χ2n) is 11.0. The van der Waals surface area contributed by atoms with Gasteiger partial charge >= 0.3 is 0 Å². The molecule has 2 N–H and O–H groups in total. The van der Waals surface area contributed by atoms with E-state index in [9.17, 15) is 4.79 Å². The fourth-order valence-corrected chi connectivity index (χ4v) is 5.74. The van der Waals surface area contributed by atoms with Crippen molar-refractivity contribution in [3.63, 3.8) is 0 Å². The molecule has 5 heterocycles. The molecule has 3 aromatic heterocycles. The largest absolute Gasteiger partial charge is 0.381 e. The van der Waals surface area contributed by atoms with Crippen LogP contribution in [0.15, 0.2) is 43.2 Å². The van der Waals surface area contributed by atoms with Crippen LogP contribution in [-0.4, -0.2) is 72.5 Å². The lowest BCUT2D eigenvalue weighted by Crippen LogP contribution is -2.40. The highest BCUT2D eigenvalue weighted by atomic mass is 16.5. The molecule has 1 atom stereocenters. The Labute approximate surface area is 233 Å². The second-order valence-corrected chi connectivity index (χ2v) is 11.0. The molecule has 0 saturated carbocycles. The van der Waals surface area contributed by atoms with E-state index in [1.54, 1.807) is 4.52 Å². The van der Waals surface area contributed by atoms with E-state index in [4.69, 9.17) is 19.8 Å². The summed E-state index contributed by atoms with van der Waals surface area (Å²) in [5.74, 6) is 1.51. The van der Waals surface area contributed by atoms with Crippen molar-refractivity contribution in [1.82, 2.24) is 34.3 Å². The maximum absolute atomic E-state index is 12.2. The van der Waals surface area contributed by atoms with Crippen molar-refractivity contribution in [1.29, 1.82) is 0 Å². The van der Waals surface area contributed by atoms with Gasteiger partial charge in [0.25, 0.3) is 0 Å². The van der Waals surface area contributed by atoms with Crippen molar-refractivity contribution in [3.05, 3.63) is 54.4 Å². The van der Waals surface area contributed by atoms with Crippen LogP contribution < -0.4 is 10.6 Å². The molecule has 2 aliphatic heterocycles. The molecule has 0 aliphatic carbocycles. The minimum Gasteiger partial charge on any atom is -0.381 e. The van der Waals surface area contributed by atoms with Gasteiger partial charge in [0, 0.05) is 49.8 Å². The van der Waals surface area contributed by atoms with E-state index in [0.717, 1.165) is 73.1 Å². The van der Waals surface area contributed by atoms with Gasteiger partial charge in [0.15, 0.2) is 5.65 Å². The zero-order chi connectivity index (χ0) is 27.6. The van der Waals surface area contributed by atoms with E-state index in [0.29, 0.717) is 25.0 Å². The summed E-state index contributed by atoms with van der Waals surface area (Å²) in [4.78, 5) is 23.8. The van der Waals surface area contributed by atoms with Crippen LogP contribution in [0, 0.1) is 0 Å². The van der Waals surface area contributed by atoms with Crippen molar-refractivity contribution in [2.75, 3.05) is 36.9 Å². The van der Waals surface area contributed by atoms with Gasteiger partial charge < -0.3 is 20.3 Å². The first-order valence-electron chi connectivity index (χ1n) is 14.2. The molecule has 4 aromatic rings. The molecule has 2 fully saturated rings. The minimum atomic E-state index is -0.0212. The molecule has 210 valence electrons. The molecule has 0 radical (unpaired) electrons. The topological polar surface area (TPSA) is 114 Å². The second kappa shape index (κ2) is 11.2. The number of amides is 1. The Bertz CT molecular complexity index is 1520. The van der Waals surface area contributed by atoms with Crippen molar-refractivity contribution in [2.45, 2.75) is 64.1 Å². The first kappa shape index (κ1) is 26.2. The lowest BCUT2D eigenvalue weighted by molar-refractivity contribution is -0.127. The fraction of sp³-hybridized carbons (Fsp3) is 0.483. The number of aromatic nitrogens is 6. The number of hydrogen-bond acceptors (Lipinski definition) is 8. The fourth-order valence-electron chi connectivity index (χ4n) is 5.74. The predicted molar refractivity (Wildman–Crippen MR) is 154 cm³/mol. The molecule has 2 aliphatic rings. The monoisotopic (exact) mass is 543 g/mol. The van der Waals surface area contributed by atoms with Gasteiger partial charge in [0.1, 0.15) is 0 Å². The smallest absolute Gasteiger partial charge is 0.246 e. The third-order valence-corrected chi connectivity index (χ3v) is 7.97. The Kier molecular flexibility index (Phi) is 7.38. The van der Waals surface area contributed by atoms with Gasteiger partial charge in [-0.05, 0) is 49.3 Å². The van der Waals surface area contributed by atoms with Crippen LogP contribution in [-0.2, 0) is 16.1 Å². The van der Waals surface area contributed by atoms with E-state index in [1.165, 1.54) is 6.08 Å². The highest BCUT2D eigenvalue weighted by Crippen LogP contribution is 2.28. The number of fused-ring (bicyclic) bond motifs is 2. The molecule has 1 amide bonds. The van der Waals surface area contributed by atoms with E-state index in [1.807, 2.05) is 17.3 Å². The van der Waals surface area contributed by atoms with Gasteiger partial charge in [-0.2, -0.15) is 24.7 Å². The molecular weight excluding hydrogens is 506 g/mol. The van der Waals surface area contributed by atoms with Crippen LogP contribution in [0.1, 0.15) is 62.6 Å². The number of nitrogens with one attached hydrogen (secondary N) is 2. The van der Waals surface area contributed by atoms with Crippen LogP contribution in [0.4, 0.5) is 11.9 Å². The summed E-state index contributed by atoms with van der Waals surface area (Å²) in [5.41, 5.74) is 4.07. The molecule has 2 saturated heterocycles. The lowest BCUT2D eigenvalue weighted by Gasteiger charge is -2.32. The van der Waals surface area contributed by atoms with Gasteiger partial charge in [0.2, 0.25) is 17.8 Å².